The number of sulfonamides is 1. The van der Waals surface area contributed by atoms with Crippen molar-refractivity contribution in [2.45, 2.75) is 29.7 Å². The molecule has 1 fully saturated rings. The van der Waals surface area contributed by atoms with Crippen LogP contribution in [-0.2, 0) is 10.0 Å². The lowest BCUT2D eigenvalue weighted by molar-refractivity contribution is 0.581. The predicted octanol–water partition coefficient (Wildman–Crippen LogP) is 1.97. The van der Waals surface area contributed by atoms with E-state index in [9.17, 15) is 8.42 Å². The van der Waals surface area contributed by atoms with Gasteiger partial charge in [-0.05, 0) is 30.5 Å². The van der Waals surface area contributed by atoms with Crippen molar-refractivity contribution in [3.05, 3.63) is 29.8 Å². The molecule has 0 saturated heterocycles. The molecule has 96 valence electrons. The van der Waals surface area contributed by atoms with Crippen molar-refractivity contribution in [3.8, 4) is 6.07 Å². The molecule has 1 aromatic carbocycles. The van der Waals surface area contributed by atoms with Crippen LogP contribution in [0, 0.1) is 11.3 Å². The van der Waals surface area contributed by atoms with Gasteiger partial charge in [0.2, 0.25) is 10.0 Å². The van der Waals surface area contributed by atoms with Crippen LogP contribution in [0.15, 0.2) is 29.2 Å². The number of benzene rings is 1. The predicted molar refractivity (Wildman–Crippen MR) is 68.9 cm³/mol. The molecule has 1 aliphatic carbocycles. The molecule has 0 amide bonds. The lowest BCUT2D eigenvalue weighted by atomic mass is 10.0. The second kappa shape index (κ2) is 5.27. The Hall–Kier alpha value is -1.09. The molecule has 4 nitrogen and oxygen atoms in total. The first-order valence-corrected chi connectivity index (χ1v) is 7.66. The van der Waals surface area contributed by atoms with E-state index < -0.39 is 15.9 Å². The van der Waals surface area contributed by atoms with Crippen molar-refractivity contribution in [1.82, 2.24) is 4.72 Å². The van der Waals surface area contributed by atoms with Crippen LogP contribution < -0.4 is 4.72 Å². The minimum atomic E-state index is -3.42. The van der Waals surface area contributed by atoms with E-state index in [4.69, 9.17) is 16.9 Å². The molecular weight excluding hydrogens is 272 g/mol. The molecule has 0 aromatic heterocycles. The average molecular weight is 285 g/mol. The topological polar surface area (TPSA) is 70.0 Å². The highest BCUT2D eigenvalue weighted by Gasteiger charge is 2.27. The molecule has 6 heteroatoms. The van der Waals surface area contributed by atoms with Crippen LogP contribution in [-0.4, -0.2) is 20.3 Å². The Balaban J connectivity index is 2.19. The van der Waals surface area contributed by atoms with Gasteiger partial charge in [0.1, 0.15) is 0 Å². The van der Waals surface area contributed by atoms with E-state index in [1.165, 1.54) is 12.1 Å². The summed E-state index contributed by atoms with van der Waals surface area (Å²) in [5.41, 5.74) is 0.734. The van der Waals surface area contributed by atoms with Crippen LogP contribution >= 0.6 is 11.6 Å². The van der Waals surface area contributed by atoms with Crippen LogP contribution in [0.3, 0.4) is 0 Å². The Bertz CT molecular complexity index is 559. The number of nitrogens with one attached hydrogen (secondary N) is 1. The fourth-order valence-corrected chi connectivity index (χ4v) is 3.12. The van der Waals surface area contributed by atoms with Gasteiger partial charge in [0, 0.05) is 11.9 Å². The van der Waals surface area contributed by atoms with Gasteiger partial charge in [-0.15, -0.1) is 11.6 Å². The summed E-state index contributed by atoms with van der Waals surface area (Å²) < 4.78 is 26.4. The van der Waals surface area contributed by atoms with Gasteiger partial charge in [0.15, 0.2) is 0 Å². The summed E-state index contributed by atoms with van der Waals surface area (Å²) in [6.07, 6.45) is 1.81. The summed E-state index contributed by atoms with van der Waals surface area (Å²) in [7, 11) is -3.42. The van der Waals surface area contributed by atoms with Crippen molar-refractivity contribution in [3.63, 3.8) is 0 Å². The number of hydrogen-bond donors (Lipinski definition) is 1. The minimum Gasteiger partial charge on any atom is -0.208 e. The van der Waals surface area contributed by atoms with E-state index in [1.807, 2.05) is 0 Å². The van der Waals surface area contributed by atoms with E-state index in [-0.39, 0.29) is 16.8 Å². The first-order valence-electron chi connectivity index (χ1n) is 5.64. The number of nitrogens with zero attached hydrogens (tertiary/aromatic N) is 1. The Morgan fingerprint density at radius 1 is 1.39 bits per heavy atom. The molecule has 1 N–H and O–H groups in total. The van der Waals surface area contributed by atoms with Crippen molar-refractivity contribution >= 4 is 21.6 Å². The fourth-order valence-electron chi connectivity index (χ4n) is 1.57. The zero-order valence-corrected chi connectivity index (χ0v) is 11.2. The maximum Gasteiger partial charge on any atom is 0.240 e. The standard InChI is InChI=1S/C12H13ClN2O2S/c13-7-10(8-14)9-1-5-12(6-2-9)18(16,17)15-11-3-4-11/h1-2,5-6,10-11,15H,3-4,7H2. The highest BCUT2D eigenvalue weighted by molar-refractivity contribution is 7.89. The summed E-state index contributed by atoms with van der Waals surface area (Å²) in [6, 6.07) is 8.45. The van der Waals surface area contributed by atoms with E-state index in [1.54, 1.807) is 12.1 Å². The van der Waals surface area contributed by atoms with Crippen molar-refractivity contribution < 1.29 is 8.42 Å². The van der Waals surface area contributed by atoms with Gasteiger partial charge >= 0.3 is 0 Å². The zero-order chi connectivity index (χ0) is 13.2. The smallest absolute Gasteiger partial charge is 0.208 e. The molecule has 1 atom stereocenters. The van der Waals surface area contributed by atoms with Crippen LogP contribution in [0.1, 0.15) is 24.3 Å². The van der Waals surface area contributed by atoms with Gasteiger partial charge in [-0.25, -0.2) is 13.1 Å². The molecular formula is C12H13ClN2O2S. The number of nitriles is 1. The third kappa shape index (κ3) is 3.02. The lowest BCUT2D eigenvalue weighted by Gasteiger charge is -2.08. The third-order valence-electron chi connectivity index (χ3n) is 2.80. The molecule has 1 aliphatic rings. The molecule has 1 unspecified atom stereocenters. The molecule has 1 aromatic rings. The van der Waals surface area contributed by atoms with Crippen LogP contribution in [0.25, 0.3) is 0 Å². The van der Waals surface area contributed by atoms with E-state index in [2.05, 4.69) is 10.8 Å². The molecule has 0 heterocycles. The molecule has 0 aliphatic heterocycles. The first kappa shape index (κ1) is 13.3. The molecule has 18 heavy (non-hydrogen) atoms. The summed E-state index contributed by atoms with van der Waals surface area (Å²) in [5.74, 6) is -0.206. The summed E-state index contributed by atoms with van der Waals surface area (Å²) in [4.78, 5) is 0.226. The maximum absolute atomic E-state index is 11.9. The van der Waals surface area contributed by atoms with E-state index in [0.29, 0.717) is 0 Å². The third-order valence-corrected chi connectivity index (χ3v) is 4.65. The Kier molecular flexibility index (Phi) is 3.91. The number of halogens is 1. The van der Waals surface area contributed by atoms with Crippen LogP contribution in [0.4, 0.5) is 0 Å². The zero-order valence-electron chi connectivity index (χ0n) is 9.64. The minimum absolute atomic E-state index is 0.0874. The van der Waals surface area contributed by atoms with E-state index >= 15 is 0 Å². The van der Waals surface area contributed by atoms with Gasteiger partial charge < -0.3 is 0 Å². The number of alkyl halides is 1. The quantitative estimate of drug-likeness (QED) is 0.841. The normalized spacial score (nSPS) is 17.1. The molecule has 0 radical (unpaired) electrons. The molecule has 2 rings (SSSR count). The molecule has 0 bridgehead atoms. The van der Waals surface area contributed by atoms with Crippen molar-refractivity contribution in [2.24, 2.45) is 0 Å². The van der Waals surface area contributed by atoms with Gasteiger partial charge in [0.05, 0.1) is 16.9 Å². The Morgan fingerprint density at radius 3 is 2.44 bits per heavy atom. The van der Waals surface area contributed by atoms with Gasteiger partial charge in [-0.1, -0.05) is 12.1 Å². The fraction of sp³-hybridized carbons (Fsp3) is 0.417. The van der Waals surface area contributed by atoms with Gasteiger partial charge in [-0.2, -0.15) is 5.26 Å². The second-order valence-corrected chi connectivity index (χ2v) is 6.32. The maximum atomic E-state index is 11.9. The Morgan fingerprint density at radius 2 is 2.00 bits per heavy atom. The van der Waals surface area contributed by atoms with Crippen molar-refractivity contribution in [2.75, 3.05) is 5.88 Å². The van der Waals surface area contributed by atoms with Gasteiger partial charge in [-0.3, -0.25) is 0 Å². The Labute approximate surface area is 112 Å². The van der Waals surface area contributed by atoms with Crippen LogP contribution in [0.2, 0.25) is 0 Å². The summed E-state index contributed by atoms with van der Waals surface area (Å²) >= 11 is 5.66. The largest absolute Gasteiger partial charge is 0.240 e. The summed E-state index contributed by atoms with van der Waals surface area (Å²) in [5, 5.41) is 8.87. The first-order chi connectivity index (χ1) is 8.56. The van der Waals surface area contributed by atoms with Crippen molar-refractivity contribution in [1.29, 1.82) is 5.26 Å². The monoisotopic (exact) mass is 284 g/mol. The lowest BCUT2D eigenvalue weighted by Crippen LogP contribution is -2.25. The molecule has 0 spiro atoms. The number of rotatable bonds is 5. The van der Waals surface area contributed by atoms with Gasteiger partial charge in [0.25, 0.3) is 0 Å². The number of hydrogen-bond acceptors (Lipinski definition) is 3. The molecule has 1 saturated carbocycles. The SMILES string of the molecule is N#CC(CCl)c1ccc(S(=O)(=O)NC2CC2)cc1. The second-order valence-electron chi connectivity index (χ2n) is 4.30. The average Bonchev–Trinajstić information content (AvgIpc) is 3.14. The summed E-state index contributed by atoms with van der Waals surface area (Å²) in [6.45, 7) is 0. The van der Waals surface area contributed by atoms with Crippen LogP contribution in [0.5, 0.6) is 0 Å². The highest BCUT2D eigenvalue weighted by Crippen LogP contribution is 2.23. The highest BCUT2D eigenvalue weighted by atomic mass is 35.5. The van der Waals surface area contributed by atoms with E-state index in [0.717, 1.165) is 18.4 Å².